The van der Waals surface area contributed by atoms with Crippen molar-refractivity contribution in [3.8, 4) is 0 Å². The molecule has 292 valence electrons. The Bertz CT molecular complexity index is 1080. The third kappa shape index (κ3) is 35.6. The number of carboxylic acid groups (broad SMARTS) is 1. The standard InChI is InChI=1S/C40H68NO9P/c1-3-5-7-9-11-13-15-17-19-20-22-24-26-28-30-32-39(42)50-37(35-48-51(45,46)49-36-38(41)40(43)44)34-47-33-31-29-27-25-23-21-18-16-14-12-10-8-6-4-2/h6,8,11-14,17-19,21,25,27,37-38H,3-5,7,9-10,15-16,20,22-24,26,28-36,41H2,1-2H3,(H,43,44)(H,45,46)/b8-6-,13-11-,14-12-,19-17-,21-18-,27-25-. The Balaban J connectivity index is 4.45. The first-order valence-corrected chi connectivity index (χ1v) is 20.5. The van der Waals surface area contributed by atoms with Crippen molar-refractivity contribution in [3.05, 3.63) is 72.9 Å². The molecule has 0 amide bonds. The minimum Gasteiger partial charge on any atom is -0.480 e. The van der Waals surface area contributed by atoms with Crippen LogP contribution in [-0.2, 0) is 32.7 Å². The van der Waals surface area contributed by atoms with Gasteiger partial charge in [0.05, 0.1) is 19.8 Å². The van der Waals surface area contributed by atoms with E-state index in [-0.39, 0.29) is 13.0 Å². The van der Waals surface area contributed by atoms with Crippen LogP contribution in [-0.4, -0.2) is 60.5 Å². The molecule has 0 aliphatic heterocycles. The molecular weight excluding hydrogens is 669 g/mol. The zero-order valence-corrected chi connectivity index (χ0v) is 32.3. The van der Waals surface area contributed by atoms with E-state index in [2.05, 4.69) is 91.3 Å². The number of hydrogen-bond acceptors (Lipinski definition) is 8. The number of carbonyl (C=O) groups excluding carboxylic acids is 1. The summed E-state index contributed by atoms with van der Waals surface area (Å²) >= 11 is 0. The fourth-order valence-electron chi connectivity index (χ4n) is 4.52. The molecule has 0 aromatic rings. The lowest BCUT2D eigenvalue weighted by molar-refractivity contribution is -0.154. The van der Waals surface area contributed by atoms with Gasteiger partial charge in [-0.2, -0.15) is 0 Å². The maximum atomic E-state index is 12.6. The minimum absolute atomic E-state index is 0.0310. The average molecular weight is 738 g/mol. The van der Waals surface area contributed by atoms with E-state index in [1.807, 2.05) is 0 Å². The van der Waals surface area contributed by atoms with Gasteiger partial charge in [-0.3, -0.25) is 18.6 Å². The molecule has 0 aliphatic carbocycles. The summed E-state index contributed by atoms with van der Waals surface area (Å²) < 4.78 is 33.1. The van der Waals surface area contributed by atoms with Crippen LogP contribution in [0.15, 0.2) is 72.9 Å². The van der Waals surface area contributed by atoms with E-state index in [0.29, 0.717) is 13.0 Å². The molecule has 0 fully saturated rings. The van der Waals surface area contributed by atoms with Gasteiger partial charge in [-0.25, -0.2) is 4.57 Å². The van der Waals surface area contributed by atoms with Crippen molar-refractivity contribution in [2.45, 2.75) is 142 Å². The minimum atomic E-state index is -4.63. The number of esters is 1. The quantitative estimate of drug-likeness (QED) is 0.0248. The summed E-state index contributed by atoms with van der Waals surface area (Å²) in [5.74, 6) is -1.83. The van der Waals surface area contributed by atoms with Crippen molar-refractivity contribution >= 4 is 19.8 Å². The van der Waals surface area contributed by atoms with Crippen LogP contribution in [0, 0.1) is 0 Å². The highest BCUT2D eigenvalue weighted by atomic mass is 31.2. The Morgan fingerprint density at radius 2 is 1.14 bits per heavy atom. The lowest BCUT2D eigenvalue weighted by Gasteiger charge is -2.20. The Hall–Kier alpha value is -2.59. The predicted molar refractivity (Wildman–Crippen MR) is 207 cm³/mol. The summed E-state index contributed by atoms with van der Waals surface area (Å²) in [6.45, 7) is 3.54. The Kier molecular flexibility index (Phi) is 34.0. The topological polar surface area (TPSA) is 155 Å². The van der Waals surface area contributed by atoms with E-state index in [1.54, 1.807) is 0 Å². The highest BCUT2D eigenvalue weighted by Gasteiger charge is 2.27. The number of hydrogen-bond donors (Lipinski definition) is 3. The number of rotatable bonds is 35. The fourth-order valence-corrected chi connectivity index (χ4v) is 5.30. The largest absolute Gasteiger partial charge is 0.480 e. The average Bonchev–Trinajstić information content (AvgIpc) is 3.10. The molecule has 11 heteroatoms. The number of ether oxygens (including phenoxy) is 2. The van der Waals surface area contributed by atoms with Gasteiger partial charge in [-0.05, 0) is 77.0 Å². The third-order valence-corrected chi connectivity index (χ3v) is 8.42. The maximum absolute atomic E-state index is 12.6. The molecule has 3 atom stereocenters. The van der Waals surface area contributed by atoms with Crippen LogP contribution in [0.25, 0.3) is 0 Å². The summed E-state index contributed by atoms with van der Waals surface area (Å²) in [6.07, 6.45) is 42.5. The lowest BCUT2D eigenvalue weighted by atomic mass is 10.1. The predicted octanol–water partition coefficient (Wildman–Crippen LogP) is 9.86. The molecule has 0 heterocycles. The number of allylic oxidation sites excluding steroid dienone is 12. The van der Waals surface area contributed by atoms with Crippen molar-refractivity contribution in [2.24, 2.45) is 5.73 Å². The monoisotopic (exact) mass is 737 g/mol. The number of phosphoric acid groups is 1. The summed E-state index contributed by atoms with van der Waals surface area (Å²) in [6, 6.07) is -1.49. The first kappa shape index (κ1) is 48.4. The van der Waals surface area contributed by atoms with Crippen LogP contribution >= 0.6 is 7.82 Å². The lowest BCUT2D eigenvalue weighted by Crippen LogP contribution is -2.34. The summed E-state index contributed by atoms with van der Waals surface area (Å²) in [5.41, 5.74) is 5.33. The molecule has 0 bridgehead atoms. The molecule has 0 radical (unpaired) electrons. The van der Waals surface area contributed by atoms with Crippen molar-refractivity contribution in [2.75, 3.05) is 26.4 Å². The molecule has 0 saturated carbocycles. The van der Waals surface area contributed by atoms with Crippen molar-refractivity contribution in [1.82, 2.24) is 0 Å². The first-order valence-electron chi connectivity index (χ1n) is 19.0. The molecule has 0 spiro atoms. The molecule has 4 N–H and O–H groups in total. The molecule has 0 saturated heterocycles. The van der Waals surface area contributed by atoms with E-state index in [1.165, 1.54) is 19.3 Å². The summed E-state index contributed by atoms with van der Waals surface area (Å²) in [4.78, 5) is 33.4. The van der Waals surface area contributed by atoms with Crippen LogP contribution in [0.4, 0.5) is 0 Å². The molecular formula is C40H68NO9P. The van der Waals surface area contributed by atoms with Gasteiger partial charge >= 0.3 is 19.8 Å². The maximum Gasteiger partial charge on any atom is 0.472 e. The number of phosphoric ester groups is 1. The van der Waals surface area contributed by atoms with Crippen molar-refractivity contribution < 1.29 is 42.7 Å². The molecule has 51 heavy (non-hydrogen) atoms. The summed E-state index contributed by atoms with van der Waals surface area (Å²) in [5, 5.41) is 8.86. The molecule has 0 aliphatic rings. The zero-order chi connectivity index (χ0) is 37.7. The van der Waals surface area contributed by atoms with Gasteiger partial charge in [0.15, 0.2) is 0 Å². The second-order valence-corrected chi connectivity index (χ2v) is 13.8. The van der Waals surface area contributed by atoms with Crippen LogP contribution < -0.4 is 5.73 Å². The van der Waals surface area contributed by atoms with Crippen LogP contribution in [0.2, 0.25) is 0 Å². The number of nitrogens with two attached hydrogens (primary N) is 1. The van der Waals surface area contributed by atoms with Crippen molar-refractivity contribution in [3.63, 3.8) is 0 Å². The van der Waals surface area contributed by atoms with Crippen molar-refractivity contribution in [1.29, 1.82) is 0 Å². The second-order valence-electron chi connectivity index (χ2n) is 12.3. The normalized spacial score (nSPS) is 14.9. The van der Waals surface area contributed by atoms with E-state index in [4.69, 9.17) is 24.8 Å². The first-order chi connectivity index (χ1) is 24.7. The number of carbonyl (C=O) groups is 2. The molecule has 0 rings (SSSR count). The highest BCUT2D eigenvalue weighted by Crippen LogP contribution is 2.43. The Morgan fingerprint density at radius 3 is 1.71 bits per heavy atom. The molecule has 3 unspecified atom stereocenters. The Labute approximate surface area is 308 Å². The van der Waals surface area contributed by atoms with Gasteiger partial charge in [0, 0.05) is 13.0 Å². The fraction of sp³-hybridized carbons (Fsp3) is 0.650. The second kappa shape index (κ2) is 35.8. The highest BCUT2D eigenvalue weighted by molar-refractivity contribution is 7.47. The summed E-state index contributed by atoms with van der Waals surface area (Å²) in [7, 11) is -4.63. The van der Waals surface area contributed by atoms with E-state index in [9.17, 15) is 19.0 Å². The zero-order valence-electron chi connectivity index (χ0n) is 31.4. The van der Waals surface area contributed by atoms with Crippen LogP contribution in [0.3, 0.4) is 0 Å². The third-order valence-electron chi connectivity index (χ3n) is 7.47. The van der Waals surface area contributed by atoms with Crippen LogP contribution in [0.5, 0.6) is 0 Å². The Morgan fingerprint density at radius 1 is 0.647 bits per heavy atom. The number of carboxylic acids is 1. The number of unbranched alkanes of at least 4 members (excludes halogenated alkanes) is 9. The molecule has 0 aromatic carbocycles. The van der Waals surface area contributed by atoms with E-state index in [0.717, 1.165) is 83.5 Å². The van der Waals surface area contributed by atoms with Gasteiger partial charge in [-0.15, -0.1) is 0 Å². The van der Waals surface area contributed by atoms with Gasteiger partial charge < -0.3 is 25.2 Å². The van der Waals surface area contributed by atoms with E-state index >= 15 is 0 Å². The smallest absolute Gasteiger partial charge is 0.472 e. The van der Waals surface area contributed by atoms with Crippen LogP contribution in [0.1, 0.15) is 129 Å². The molecule has 0 aromatic heterocycles. The van der Waals surface area contributed by atoms with Gasteiger partial charge in [0.2, 0.25) is 0 Å². The van der Waals surface area contributed by atoms with Gasteiger partial charge in [0.25, 0.3) is 0 Å². The van der Waals surface area contributed by atoms with E-state index < -0.39 is 45.1 Å². The molecule has 10 nitrogen and oxygen atoms in total. The SMILES string of the molecule is CC/C=C\C/C=C\C/C=C\C/C=C\CCCOCC(COP(=O)(O)OCC(N)C(=O)O)OC(=O)CCCCCCC/C=C\C/C=C\CCCCC. The van der Waals surface area contributed by atoms with Gasteiger partial charge in [-0.1, -0.05) is 119 Å². The van der Waals surface area contributed by atoms with Gasteiger partial charge in [0.1, 0.15) is 12.1 Å². The number of aliphatic carboxylic acids is 1.